The van der Waals surface area contributed by atoms with E-state index in [1.807, 2.05) is 42.5 Å². The predicted molar refractivity (Wildman–Crippen MR) is 230 cm³/mol. The van der Waals surface area contributed by atoms with Crippen molar-refractivity contribution in [1.82, 2.24) is 0 Å². The van der Waals surface area contributed by atoms with Crippen LogP contribution in [0.3, 0.4) is 0 Å². The van der Waals surface area contributed by atoms with Gasteiger partial charge in [-0.05, 0) is 113 Å². The number of hydrogen-bond donors (Lipinski definition) is 1. The highest BCUT2D eigenvalue weighted by Gasteiger charge is 2.33. The van der Waals surface area contributed by atoms with Crippen molar-refractivity contribution in [1.29, 1.82) is 0 Å². The van der Waals surface area contributed by atoms with E-state index in [9.17, 15) is 5.11 Å². The van der Waals surface area contributed by atoms with Gasteiger partial charge in [0.25, 0.3) is 0 Å². The molecule has 7 aromatic rings. The van der Waals surface area contributed by atoms with Crippen molar-refractivity contribution in [2.75, 3.05) is 0 Å². The number of allylic oxidation sites excluding steroid dienone is 1. The highest BCUT2D eigenvalue weighted by atomic mass is 16.3. The molecule has 0 bridgehead atoms. The van der Waals surface area contributed by atoms with E-state index in [0.717, 1.165) is 55.6 Å². The Morgan fingerprint density at radius 2 is 1.07 bits per heavy atom. The summed E-state index contributed by atoms with van der Waals surface area (Å²) >= 11 is 0. The second-order valence-electron chi connectivity index (χ2n) is 16.4. The number of aromatic hydroxyl groups is 1. The molecule has 1 heteroatoms. The molecular weight excluding hydrogens is 653 g/mol. The minimum Gasteiger partial charge on any atom is -0.507 e. The van der Waals surface area contributed by atoms with Crippen LogP contribution in [0.4, 0.5) is 0 Å². The number of hydrogen-bond acceptors (Lipinski definition) is 1. The zero-order valence-corrected chi connectivity index (χ0v) is 31.8. The molecule has 1 atom stereocenters. The Morgan fingerprint density at radius 3 is 1.80 bits per heavy atom. The number of rotatable bonds is 6. The fourth-order valence-electron chi connectivity index (χ4n) is 7.71. The molecule has 1 N–H and O–H groups in total. The summed E-state index contributed by atoms with van der Waals surface area (Å²) in [5.74, 6) is 0.0724. The molecule has 54 heavy (non-hydrogen) atoms. The largest absolute Gasteiger partial charge is 0.507 e. The maximum Gasteiger partial charge on any atom is 0.123 e. The van der Waals surface area contributed by atoms with Crippen LogP contribution in [0, 0.1) is 0 Å². The number of phenolic OH excluding ortho intramolecular Hbond substituents is 1. The molecule has 1 aliphatic rings. The molecule has 1 nitrogen and oxygen atoms in total. The van der Waals surface area contributed by atoms with E-state index in [1.165, 1.54) is 16.7 Å². The van der Waals surface area contributed by atoms with E-state index < -0.39 is 6.04 Å². The highest BCUT2D eigenvalue weighted by Crippen LogP contribution is 2.53. The number of fused-ring (bicyclic) bond motifs is 1. The molecule has 1 unspecified atom stereocenters. The lowest BCUT2D eigenvalue weighted by atomic mass is 9.78. The summed E-state index contributed by atoms with van der Waals surface area (Å²) in [6, 6.07) is 44.3. The lowest BCUT2D eigenvalue weighted by Gasteiger charge is -2.26. The summed E-state index contributed by atoms with van der Waals surface area (Å²) in [5, 5.41) is 11.4. The van der Waals surface area contributed by atoms with E-state index in [4.69, 9.17) is 6.85 Å². The van der Waals surface area contributed by atoms with Crippen molar-refractivity contribution in [3.63, 3.8) is 0 Å². The summed E-state index contributed by atoms with van der Waals surface area (Å²) in [5.41, 5.74) is 14.4. The van der Waals surface area contributed by atoms with Crippen LogP contribution >= 0.6 is 0 Å². The standard InChI is InChI=1S/C53H48O/c1-52(2,3)41-27-28-46(47(33-41)36-19-11-8-12-20-36)51-45-25-16-24-43(48(45)34-49(51)44-23-13-14-26-50(44)54)40-30-39(31-42(32-40)53(4,5)6)38-22-15-21-37(29-38)35-17-9-7-10-18-35/h7-34,51,54H,1-6H3/i7D,9D,10D,17D,18D. The maximum absolute atomic E-state index is 11.4. The predicted octanol–water partition coefficient (Wildman–Crippen LogP) is 14.3. The van der Waals surface area contributed by atoms with Gasteiger partial charge >= 0.3 is 0 Å². The fraction of sp³-hybridized carbons (Fsp3) is 0.170. The van der Waals surface area contributed by atoms with Gasteiger partial charge in [0.2, 0.25) is 0 Å². The van der Waals surface area contributed by atoms with Gasteiger partial charge in [0.15, 0.2) is 0 Å². The fourth-order valence-corrected chi connectivity index (χ4v) is 7.71. The number of benzene rings is 7. The van der Waals surface area contributed by atoms with E-state index in [-0.39, 0.29) is 52.2 Å². The van der Waals surface area contributed by atoms with Crippen LogP contribution in [-0.4, -0.2) is 5.11 Å². The van der Waals surface area contributed by atoms with E-state index in [1.54, 1.807) is 12.1 Å². The molecule has 0 aromatic heterocycles. The molecule has 8 rings (SSSR count). The molecule has 0 heterocycles. The number of para-hydroxylation sites is 1. The molecule has 0 spiro atoms. The van der Waals surface area contributed by atoms with Crippen molar-refractivity contribution in [2.45, 2.75) is 58.3 Å². The second kappa shape index (κ2) is 13.8. The van der Waals surface area contributed by atoms with Gasteiger partial charge in [-0.25, -0.2) is 0 Å². The number of phenols is 1. The smallest absolute Gasteiger partial charge is 0.123 e. The topological polar surface area (TPSA) is 20.2 Å². The normalized spacial score (nSPS) is 15.4. The van der Waals surface area contributed by atoms with Gasteiger partial charge in [-0.1, -0.05) is 187 Å². The SMILES string of the molecule is [2H]c1c([2H])c([2H])c(-c2cccc(-c3cc(-c4cccc5c4C=C(c4ccccc4O)C5c4ccc(C(C)(C)C)cc4-c4ccccc4)cc(C(C)(C)C)c3)c2)c([2H])c1[2H]. The first-order chi connectivity index (χ1) is 28.0. The molecule has 0 saturated heterocycles. The highest BCUT2D eigenvalue weighted by molar-refractivity contribution is 6.00. The summed E-state index contributed by atoms with van der Waals surface area (Å²) in [6.07, 6.45) is 2.26. The Morgan fingerprint density at radius 1 is 0.463 bits per heavy atom. The third-order valence-electron chi connectivity index (χ3n) is 10.7. The van der Waals surface area contributed by atoms with Gasteiger partial charge in [0.1, 0.15) is 5.75 Å². The lowest BCUT2D eigenvalue weighted by molar-refractivity contribution is 0.473. The zero-order valence-electron chi connectivity index (χ0n) is 36.8. The summed E-state index contributed by atoms with van der Waals surface area (Å²) < 4.78 is 42.0. The van der Waals surface area contributed by atoms with Crippen LogP contribution < -0.4 is 0 Å². The molecule has 0 amide bonds. The molecule has 7 aromatic carbocycles. The first-order valence-electron chi connectivity index (χ1n) is 21.2. The molecule has 0 radical (unpaired) electrons. The summed E-state index contributed by atoms with van der Waals surface area (Å²) in [4.78, 5) is 0. The molecule has 1 aliphatic carbocycles. The minimum absolute atomic E-state index is 0.0524. The van der Waals surface area contributed by atoms with E-state index in [2.05, 4.69) is 126 Å². The average Bonchev–Trinajstić information content (AvgIpc) is 3.61. The van der Waals surface area contributed by atoms with E-state index >= 15 is 0 Å². The van der Waals surface area contributed by atoms with Crippen LogP contribution in [0.1, 0.15) is 87.7 Å². The summed E-state index contributed by atoms with van der Waals surface area (Å²) in [7, 11) is 0. The lowest BCUT2D eigenvalue weighted by Crippen LogP contribution is -2.12. The quantitative estimate of drug-likeness (QED) is 0.183. The maximum atomic E-state index is 11.4. The monoisotopic (exact) mass is 705 g/mol. The Kier molecular flexibility index (Phi) is 7.55. The third-order valence-corrected chi connectivity index (χ3v) is 10.7. The summed E-state index contributed by atoms with van der Waals surface area (Å²) in [6.45, 7) is 13.3. The first kappa shape index (κ1) is 29.5. The van der Waals surface area contributed by atoms with Crippen molar-refractivity contribution < 1.29 is 12.0 Å². The van der Waals surface area contributed by atoms with Gasteiger partial charge in [-0.2, -0.15) is 0 Å². The van der Waals surface area contributed by atoms with Gasteiger partial charge in [0.05, 0.1) is 6.85 Å². The Balaban J connectivity index is 1.35. The van der Waals surface area contributed by atoms with Crippen LogP contribution in [0.25, 0.3) is 56.2 Å². The Labute approximate surface area is 328 Å². The first-order valence-corrected chi connectivity index (χ1v) is 18.7. The van der Waals surface area contributed by atoms with Crippen LogP contribution in [0.2, 0.25) is 0 Å². The third kappa shape index (κ3) is 6.72. The van der Waals surface area contributed by atoms with Gasteiger partial charge in [-0.3, -0.25) is 0 Å². The van der Waals surface area contributed by atoms with Gasteiger partial charge in [-0.15, -0.1) is 0 Å². The van der Waals surface area contributed by atoms with Crippen molar-refractivity contribution in [2.24, 2.45) is 0 Å². The van der Waals surface area contributed by atoms with Gasteiger partial charge < -0.3 is 5.11 Å². The Hall–Kier alpha value is -5.92. The van der Waals surface area contributed by atoms with Crippen LogP contribution in [0.15, 0.2) is 164 Å². The van der Waals surface area contributed by atoms with Crippen LogP contribution in [-0.2, 0) is 10.8 Å². The van der Waals surface area contributed by atoms with Crippen molar-refractivity contribution in [3.05, 3.63) is 197 Å². The average molecular weight is 706 g/mol. The molecule has 0 aliphatic heterocycles. The molecule has 0 saturated carbocycles. The zero-order chi connectivity index (χ0) is 42.0. The van der Waals surface area contributed by atoms with Gasteiger partial charge in [0, 0.05) is 11.5 Å². The van der Waals surface area contributed by atoms with Crippen molar-refractivity contribution in [3.8, 4) is 50.3 Å². The second-order valence-corrected chi connectivity index (χ2v) is 16.4. The molecular formula is C53H48O. The minimum atomic E-state index is -0.405. The van der Waals surface area contributed by atoms with Crippen molar-refractivity contribution >= 4 is 11.6 Å². The molecule has 0 fully saturated rings. The van der Waals surface area contributed by atoms with Crippen LogP contribution in [0.5, 0.6) is 5.75 Å². The molecule has 266 valence electrons. The Bertz CT molecular complexity index is 2780. The van der Waals surface area contributed by atoms with E-state index in [0.29, 0.717) is 5.56 Å².